The Morgan fingerprint density at radius 1 is 0.431 bits per heavy atom. The molecule has 0 radical (unpaired) electrons. The van der Waals surface area contributed by atoms with Gasteiger partial charge in [-0.25, -0.2) is 0 Å². The van der Waals surface area contributed by atoms with Gasteiger partial charge in [0.05, 0.1) is 25.4 Å². The molecule has 6 nitrogen and oxygen atoms in total. The zero-order valence-corrected chi connectivity index (χ0v) is 43.7. The zero-order valence-electron chi connectivity index (χ0n) is 43.7. The first-order valence-corrected chi connectivity index (χ1v) is 29.1. The summed E-state index contributed by atoms with van der Waals surface area (Å²) in [5, 5.41) is 23.1. The molecule has 0 aromatic heterocycles. The van der Waals surface area contributed by atoms with Crippen molar-refractivity contribution < 1.29 is 24.5 Å². The van der Waals surface area contributed by atoms with Gasteiger partial charge in [0, 0.05) is 12.8 Å². The van der Waals surface area contributed by atoms with Crippen LogP contribution in [0.3, 0.4) is 0 Å². The third-order valence-electron chi connectivity index (χ3n) is 13.5. The van der Waals surface area contributed by atoms with Crippen LogP contribution in [0.5, 0.6) is 0 Å². The van der Waals surface area contributed by atoms with Gasteiger partial charge in [-0.2, -0.15) is 0 Å². The number of esters is 1. The summed E-state index contributed by atoms with van der Waals surface area (Å²) in [4.78, 5) is 24.5. The molecule has 0 fully saturated rings. The Labute approximate surface area is 405 Å². The lowest BCUT2D eigenvalue weighted by molar-refractivity contribution is -0.143. The Morgan fingerprint density at radius 2 is 0.769 bits per heavy atom. The Bertz CT molecular complexity index is 1010. The Balaban J connectivity index is 3.41. The average Bonchev–Trinajstić information content (AvgIpc) is 3.31. The van der Waals surface area contributed by atoms with E-state index in [4.69, 9.17) is 4.74 Å². The van der Waals surface area contributed by atoms with E-state index in [1.165, 1.54) is 231 Å². The molecule has 1 amide bonds. The molecule has 0 spiro atoms. The van der Waals surface area contributed by atoms with Crippen LogP contribution in [0.15, 0.2) is 24.3 Å². The predicted molar refractivity (Wildman–Crippen MR) is 283 cm³/mol. The van der Waals surface area contributed by atoms with Crippen LogP contribution < -0.4 is 5.32 Å². The number of nitrogens with one attached hydrogen (secondary N) is 1. The quantitative estimate of drug-likeness (QED) is 0.0321. The number of ether oxygens (including phenoxy) is 1. The Morgan fingerprint density at radius 3 is 1.17 bits per heavy atom. The Kier molecular flexibility index (Phi) is 53.5. The van der Waals surface area contributed by atoms with Gasteiger partial charge in [-0.3, -0.25) is 9.59 Å². The molecule has 384 valence electrons. The van der Waals surface area contributed by atoms with E-state index in [2.05, 4.69) is 43.5 Å². The first-order valence-electron chi connectivity index (χ1n) is 29.1. The molecule has 65 heavy (non-hydrogen) atoms. The van der Waals surface area contributed by atoms with Crippen molar-refractivity contribution in [2.24, 2.45) is 0 Å². The van der Waals surface area contributed by atoms with Crippen LogP contribution >= 0.6 is 0 Å². The van der Waals surface area contributed by atoms with E-state index in [1.54, 1.807) is 0 Å². The monoisotopic (exact) mass is 916 g/mol. The third kappa shape index (κ3) is 51.6. The highest BCUT2D eigenvalue weighted by Crippen LogP contribution is 2.17. The van der Waals surface area contributed by atoms with Gasteiger partial charge in [-0.15, -0.1) is 0 Å². The Hall–Kier alpha value is -1.66. The van der Waals surface area contributed by atoms with Gasteiger partial charge in [-0.1, -0.05) is 269 Å². The first kappa shape index (κ1) is 63.3. The zero-order chi connectivity index (χ0) is 47.2. The largest absolute Gasteiger partial charge is 0.466 e. The number of unbranched alkanes of at least 4 members (excludes halogenated alkanes) is 39. The summed E-state index contributed by atoms with van der Waals surface area (Å²) in [7, 11) is 0. The molecule has 0 aliphatic carbocycles. The van der Waals surface area contributed by atoms with E-state index < -0.39 is 12.1 Å². The van der Waals surface area contributed by atoms with Crippen molar-refractivity contribution in [3.8, 4) is 0 Å². The normalized spacial score (nSPS) is 12.7. The van der Waals surface area contributed by atoms with Crippen LogP contribution in [-0.2, 0) is 14.3 Å². The molecule has 6 heteroatoms. The number of allylic oxidation sites excluding steroid dienone is 4. The fourth-order valence-corrected chi connectivity index (χ4v) is 9.02. The van der Waals surface area contributed by atoms with Crippen LogP contribution in [-0.4, -0.2) is 47.4 Å². The molecule has 0 aliphatic heterocycles. The number of aliphatic hydroxyl groups is 2. The van der Waals surface area contributed by atoms with Gasteiger partial charge in [0.1, 0.15) is 0 Å². The van der Waals surface area contributed by atoms with Gasteiger partial charge in [-0.05, 0) is 57.8 Å². The number of aliphatic hydroxyl groups excluding tert-OH is 2. The van der Waals surface area contributed by atoms with E-state index in [9.17, 15) is 19.8 Å². The minimum Gasteiger partial charge on any atom is -0.466 e. The SMILES string of the molecule is CCCCCCCCCCCCCCCCCC(=O)OCCCCCCCCCCC/C=C\C/C=C\CCCCCCCCCC(=O)NC(CO)C(O)CCCCCCCCCCCC. The van der Waals surface area contributed by atoms with E-state index in [1.807, 2.05) is 0 Å². The van der Waals surface area contributed by atoms with Crippen molar-refractivity contribution >= 4 is 11.9 Å². The van der Waals surface area contributed by atoms with Crippen molar-refractivity contribution in [3.05, 3.63) is 24.3 Å². The van der Waals surface area contributed by atoms with Crippen molar-refractivity contribution in [2.45, 2.75) is 328 Å². The molecule has 3 N–H and O–H groups in total. The number of rotatable bonds is 54. The topological polar surface area (TPSA) is 95.9 Å². The molecule has 0 heterocycles. The average molecular weight is 917 g/mol. The molecule has 2 atom stereocenters. The maximum Gasteiger partial charge on any atom is 0.305 e. The second-order valence-corrected chi connectivity index (χ2v) is 20.0. The lowest BCUT2D eigenvalue weighted by Crippen LogP contribution is -2.45. The summed E-state index contributed by atoms with van der Waals surface area (Å²) in [6.45, 7) is 4.94. The molecule has 0 aliphatic rings. The molecule has 0 rings (SSSR count). The van der Waals surface area contributed by atoms with Crippen LogP contribution in [0.1, 0.15) is 316 Å². The number of amides is 1. The fraction of sp³-hybridized carbons (Fsp3) is 0.898. The minimum absolute atomic E-state index is 0.00994. The highest BCUT2D eigenvalue weighted by Gasteiger charge is 2.20. The van der Waals surface area contributed by atoms with Crippen molar-refractivity contribution in [1.29, 1.82) is 0 Å². The molecular formula is C59H113NO5. The lowest BCUT2D eigenvalue weighted by Gasteiger charge is -2.22. The summed E-state index contributed by atoms with van der Waals surface area (Å²) in [5.74, 6) is -0.0367. The van der Waals surface area contributed by atoms with E-state index in [0.717, 1.165) is 51.4 Å². The van der Waals surface area contributed by atoms with Gasteiger partial charge < -0.3 is 20.3 Å². The summed E-state index contributed by atoms with van der Waals surface area (Å²) >= 11 is 0. The highest BCUT2D eigenvalue weighted by molar-refractivity contribution is 5.76. The molecule has 2 unspecified atom stereocenters. The minimum atomic E-state index is -0.668. The van der Waals surface area contributed by atoms with E-state index in [-0.39, 0.29) is 18.5 Å². The molecule has 0 aromatic rings. The molecule has 0 aromatic carbocycles. The second kappa shape index (κ2) is 54.9. The van der Waals surface area contributed by atoms with E-state index in [0.29, 0.717) is 25.9 Å². The molecule has 0 saturated carbocycles. The summed E-state index contributed by atoms with van der Waals surface area (Å²) in [6, 6.07) is -0.547. The van der Waals surface area contributed by atoms with Crippen molar-refractivity contribution in [1.82, 2.24) is 5.32 Å². The molecule has 0 saturated heterocycles. The first-order chi connectivity index (χ1) is 32.0. The second-order valence-electron chi connectivity index (χ2n) is 20.0. The fourth-order valence-electron chi connectivity index (χ4n) is 9.02. The summed E-state index contributed by atoms with van der Waals surface area (Å²) < 4.78 is 5.48. The maximum atomic E-state index is 12.4. The molecular weight excluding hydrogens is 803 g/mol. The van der Waals surface area contributed by atoms with Crippen LogP contribution in [0.2, 0.25) is 0 Å². The van der Waals surface area contributed by atoms with Gasteiger partial charge in [0.25, 0.3) is 0 Å². The van der Waals surface area contributed by atoms with Crippen LogP contribution in [0.4, 0.5) is 0 Å². The van der Waals surface area contributed by atoms with Crippen LogP contribution in [0, 0.1) is 0 Å². The number of carbonyl (C=O) groups is 2. The standard InChI is InChI=1S/C59H113NO5/c1-3-5-7-9-11-13-15-16-26-30-33-37-41-45-49-53-59(64)65-54-50-46-42-38-34-31-28-25-23-21-19-17-18-20-22-24-27-29-32-36-40-44-48-52-58(63)60-56(55-61)57(62)51-47-43-39-35-14-12-10-8-6-4-2/h17,19-20,22,56-57,61-62H,3-16,18,21,23-55H2,1-2H3,(H,60,63)/b19-17-,22-20-. The lowest BCUT2D eigenvalue weighted by atomic mass is 10.0. The van der Waals surface area contributed by atoms with Gasteiger partial charge in [0.15, 0.2) is 0 Å². The molecule has 0 bridgehead atoms. The maximum absolute atomic E-state index is 12.4. The van der Waals surface area contributed by atoms with Crippen molar-refractivity contribution in [2.75, 3.05) is 13.2 Å². The summed E-state index contributed by atoms with van der Waals surface area (Å²) in [5.41, 5.74) is 0. The highest BCUT2D eigenvalue weighted by atomic mass is 16.5. The third-order valence-corrected chi connectivity index (χ3v) is 13.5. The van der Waals surface area contributed by atoms with Crippen LogP contribution in [0.25, 0.3) is 0 Å². The number of carbonyl (C=O) groups excluding carboxylic acids is 2. The smallest absolute Gasteiger partial charge is 0.305 e. The number of hydrogen-bond donors (Lipinski definition) is 3. The van der Waals surface area contributed by atoms with E-state index >= 15 is 0 Å². The van der Waals surface area contributed by atoms with Gasteiger partial charge >= 0.3 is 5.97 Å². The van der Waals surface area contributed by atoms with Crippen molar-refractivity contribution in [3.63, 3.8) is 0 Å². The van der Waals surface area contributed by atoms with Gasteiger partial charge in [0.2, 0.25) is 5.91 Å². The predicted octanol–water partition coefficient (Wildman–Crippen LogP) is 17.9. The summed E-state index contributed by atoms with van der Waals surface area (Å²) in [6.07, 6.45) is 66.1. The number of hydrogen-bond acceptors (Lipinski definition) is 5.